The van der Waals surface area contributed by atoms with Crippen LogP contribution in [-0.4, -0.2) is 35.5 Å². The van der Waals surface area contributed by atoms with E-state index in [1.807, 2.05) is 23.1 Å². The highest BCUT2D eigenvalue weighted by atomic mass is 79.9. The van der Waals surface area contributed by atoms with Gasteiger partial charge in [-0.15, -0.1) is 0 Å². The van der Waals surface area contributed by atoms with Gasteiger partial charge in [0.25, 0.3) is 0 Å². The van der Waals surface area contributed by atoms with Crippen molar-refractivity contribution in [3.63, 3.8) is 0 Å². The van der Waals surface area contributed by atoms with Crippen LogP contribution in [0.1, 0.15) is 6.42 Å². The number of hydrogen-bond acceptors (Lipinski definition) is 4. The highest BCUT2D eigenvalue weighted by molar-refractivity contribution is 9.09. The van der Waals surface area contributed by atoms with Crippen molar-refractivity contribution in [1.29, 1.82) is 0 Å². The fourth-order valence-corrected chi connectivity index (χ4v) is 2.28. The molecule has 0 aromatic carbocycles. The molecule has 2 rings (SSSR count). The van der Waals surface area contributed by atoms with Crippen LogP contribution in [0.5, 0.6) is 0 Å². The number of pyridine rings is 1. The summed E-state index contributed by atoms with van der Waals surface area (Å²) in [6.07, 6.45) is 3.03. The lowest BCUT2D eigenvalue weighted by atomic mass is 10.3. The molecule has 1 aromatic heterocycles. The highest BCUT2D eigenvalue weighted by Crippen LogP contribution is 2.23. The third-order valence-corrected chi connectivity index (χ3v) is 2.99. The van der Waals surface area contributed by atoms with Crippen molar-refractivity contribution in [2.45, 2.75) is 18.8 Å². The van der Waals surface area contributed by atoms with Gasteiger partial charge in [-0.1, -0.05) is 22.0 Å². The van der Waals surface area contributed by atoms with E-state index < -0.39 is 6.23 Å². The quantitative estimate of drug-likeness (QED) is 0.622. The Labute approximate surface area is 103 Å². The third kappa shape index (κ3) is 2.41. The molecule has 2 heterocycles. The molecule has 0 radical (unpaired) electrons. The Bertz CT molecular complexity index is 347. The van der Waals surface area contributed by atoms with E-state index in [0.717, 1.165) is 23.9 Å². The van der Waals surface area contributed by atoms with E-state index in [9.17, 15) is 4.79 Å². The van der Waals surface area contributed by atoms with Crippen molar-refractivity contribution in [1.82, 2.24) is 4.98 Å². The van der Waals surface area contributed by atoms with Gasteiger partial charge in [0, 0.05) is 18.1 Å². The van der Waals surface area contributed by atoms with Crippen molar-refractivity contribution >= 4 is 28.0 Å². The molecule has 0 amide bonds. The number of aldehydes is 1. The molecule has 0 aliphatic carbocycles. The zero-order valence-electron chi connectivity index (χ0n) is 8.75. The summed E-state index contributed by atoms with van der Waals surface area (Å²) in [5.74, 6) is 0.789. The van der Waals surface area contributed by atoms with Gasteiger partial charge in [0.15, 0.2) is 12.5 Å². The highest BCUT2D eigenvalue weighted by Gasteiger charge is 2.32. The minimum absolute atomic E-state index is 0.0941. The smallest absolute Gasteiger partial charge is 0.188 e. The molecule has 2 atom stereocenters. The predicted molar refractivity (Wildman–Crippen MR) is 64.7 cm³/mol. The van der Waals surface area contributed by atoms with Crippen molar-refractivity contribution in [3.05, 3.63) is 24.4 Å². The standard InChI is InChI=1S/C11H13BrN2O2/c12-5-4-9-7-14(11(8-15)16-9)10-3-1-2-6-13-10/h1-3,6,8-9,11H,4-5,7H2. The average Bonchev–Trinajstić information content (AvgIpc) is 2.74. The number of alkyl halides is 1. The molecule has 4 nitrogen and oxygen atoms in total. The number of anilines is 1. The Hall–Kier alpha value is -0.940. The molecule has 5 heteroatoms. The van der Waals surface area contributed by atoms with Crippen molar-refractivity contribution < 1.29 is 9.53 Å². The summed E-state index contributed by atoms with van der Waals surface area (Å²) < 4.78 is 5.61. The van der Waals surface area contributed by atoms with Gasteiger partial charge in [-0.3, -0.25) is 4.79 Å². The summed E-state index contributed by atoms with van der Waals surface area (Å²) in [6.45, 7) is 0.714. The van der Waals surface area contributed by atoms with E-state index in [1.54, 1.807) is 6.20 Å². The molecule has 1 aliphatic rings. The number of carbonyl (C=O) groups is 1. The molecule has 0 spiro atoms. The molecule has 1 saturated heterocycles. The minimum atomic E-state index is -0.501. The normalized spacial score (nSPS) is 24.7. The summed E-state index contributed by atoms with van der Waals surface area (Å²) in [5.41, 5.74) is 0. The Morgan fingerprint density at radius 3 is 3.12 bits per heavy atom. The van der Waals surface area contributed by atoms with E-state index in [4.69, 9.17) is 4.74 Å². The number of nitrogens with zero attached hydrogens (tertiary/aromatic N) is 2. The lowest BCUT2D eigenvalue weighted by Gasteiger charge is -2.18. The van der Waals surface area contributed by atoms with Crippen LogP contribution in [0.2, 0.25) is 0 Å². The Kier molecular flexibility index (Phi) is 3.90. The van der Waals surface area contributed by atoms with Crippen LogP contribution in [0.3, 0.4) is 0 Å². The van der Waals surface area contributed by atoms with Crippen molar-refractivity contribution in [2.75, 3.05) is 16.8 Å². The number of aromatic nitrogens is 1. The number of hydrogen-bond donors (Lipinski definition) is 0. The monoisotopic (exact) mass is 284 g/mol. The van der Waals surface area contributed by atoms with E-state index in [1.165, 1.54) is 0 Å². The van der Waals surface area contributed by atoms with Crippen molar-refractivity contribution in [2.24, 2.45) is 0 Å². The molecule has 0 saturated carbocycles. The summed E-state index contributed by atoms with van der Waals surface area (Å²) in [4.78, 5) is 17.1. The van der Waals surface area contributed by atoms with E-state index in [0.29, 0.717) is 6.54 Å². The zero-order valence-corrected chi connectivity index (χ0v) is 10.3. The summed E-state index contributed by atoms with van der Waals surface area (Å²) in [7, 11) is 0. The van der Waals surface area contributed by atoms with Gasteiger partial charge < -0.3 is 9.64 Å². The molecule has 86 valence electrons. The van der Waals surface area contributed by atoms with Crippen LogP contribution in [0.25, 0.3) is 0 Å². The third-order valence-electron chi connectivity index (χ3n) is 2.53. The van der Waals surface area contributed by atoms with Crippen LogP contribution in [0.4, 0.5) is 5.82 Å². The first-order valence-electron chi connectivity index (χ1n) is 5.19. The molecule has 2 unspecified atom stereocenters. The van der Waals surface area contributed by atoms with E-state index in [-0.39, 0.29) is 6.10 Å². The van der Waals surface area contributed by atoms with Crippen molar-refractivity contribution in [3.8, 4) is 0 Å². The first kappa shape index (κ1) is 11.5. The molecule has 16 heavy (non-hydrogen) atoms. The number of carbonyl (C=O) groups excluding carboxylic acids is 1. The summed E-state index contributed by atoms with van der Waals surface area (Å²) in [6, 6.07) is 5.64. The first-order valence-corrected chi connectivity index (χ1v) is 6.31. The van der Waals surface area contributed by atoms with Gasteiger partial charge >= 0.3 is 0 Å². The number of ether oxygens (including phenoxy) is 1. The van der Waals surface area contributed by atoms with E-state index >= 15 is 0 Å². The molecule has 1 fully saturated rings. The molecular weight excluding hydrogens is 272 g/mol. The second-order valence-corrected chi connectivity index (χ2v) is 4.40. The maximum Gasteiger partial charge on any atom is 0.188 e. The first-order chi connectivity index (χ1) is 7.85. The maximum absolute atomic E-state index is 10.9. The fraction of sp³-hybridized carbons (Fsp3) is 0.455. The van der Waals surface area contributed by atoms with Gasteiger partial charge in [-0.25, -0.2) is 4.98 Å². The Morgan fingerprint density at radius 2 is 2.50 bits per heavy atom. The van der Waals surface area contributed by atoms with Gasteiger partial charge in [0.05, 0.1) is 6.10 Å². The lowest BCUT2D eigenvalue weighted by molar-refractivity contribution is -0.117. The molecule has 1 aliphatic heterocycles. The molecular formula is C11H13BrN2O2. The van der Waals surface area contributed by atoms with Gasteiger partial charge in [0.2, 0.25) is 0 Å². The van der Waals surface area contributed by atoms with E-state index in [2.05, 4.69) is 20.9 Å². The van der Waals surface area contributed by atoms with Gasteiger partial charge in [-0.05, 0) is 18.6 Å². The Balaban J connectivity index is 2.12. The summed E-state index contributed by atoms with van der Waals surface area (Å²) >= 11 is 3.37. The topological polar surface area (TPSA) is 42.4 Å². The Morgan fingerprint density at radius 1 is 1.62 bits per heavy atom. The summed E-state index contributed by atoms with van der Waals surface area (Å²) in [5, 5.41) is 0.874. The second kappa shape index (κ2) is 5.41. The number of rotatable bonds is 4. The largest absolute Gasteiger partial charge is 0.346 e. The average molecular weight is 285 g/mol. The SMILES string of the molecule is O=CC1OC(CCBr)CN1c1ccccn1. The fourth-order valence-electron chi connectivity index (χ4n) is 1.77. The van der Waals surface area contributed by atoms with Gasteiger partial charge in [-0.2, -0.15) is 0 Å². The van der Waals surface area contributed by atoms with Gasteiger partial charge in [0.1, 0.15) is 5.82 Å². The lowest BCUT2D eigenvalue weighted by Crippen LogP contribution is -2.31. The van der Waals surface area contributed by atoms with Crippen LogP contribution in [0, 0.1) is 0 Å². The molecule has 1 aromatic rings. The molecule has 0 bridgehead atoms. The van der Waals surface area contributed by atoms with Crippen LogP contribution < -0.4 is 4.90 Å². The van der Waals surface area contributed by atoms with Crippen LogP contribution in [-0.2, 0) is 9.53 Å². The predicted octanol–water partition coefficient (Wildman–Crippen LogP) is 1.60. The maximum atomic E-state index is 10.9. The van der Waals surface area contributed by atoms with Crippen LogP contribution in [0.15, 0.2) is 24.4 Å². The second-order valence-electron chi connectivity index (χ2n) is 3.60. The zero-order chi connectivity index (χ0) is 11.4. The minimum Gasteiger partial charge on any atom is -0.346 e. The van der Waals surface area contributed by atoms with Crippen LogP contribution >= 0.6 is 15.9 Å². The molecule has 0 N–H and O–H groups in total. The number of halogens is 1.